The summed E-state index contributed by atoms with van der Waals surface area (Å²) >= 11 is 0. The first-order valence-corrected chi connectivity index (χ1v) is 7.43. The zero-order chi connectivity index (χ0) is 17.4. The third kappa shape index (κ3) is 5.88. The van der Waals surface area contributed by atoms with Gasteiger partial charge in [0.25, 0.3) is 0 Å². The van der Waals surface area contributed by atoms with Crippen LogP contribution in [0.2, 0.25) is 0 Å². The van der Waals surface area contributed by atoms with Crippen molar-refractivity contribution in [2.75, 3.05) is 20.7 Å². The molecule has 1 aromatic carbocycles. The van der Waals surface area contributed by atoms with Crippen LogP contribution in [0.1, 0.15) is 12.5 Å². The number of likely N-dealkylation sites (N-methyl/N-ethyl adjacent to an activating group) is 2. The van der Waals surface area contributed by atoms with Crippen molar-refractivity contribution < 1.29 is 24.5 Å². The van der Waals surface area contributed by atoms with Crippen molar-refractivity contribution in [1.29, 1.82) is 0 Å². The van der Waals surface area contributed by atoms with Crippen molar-refractivity contribution in [1.82, 2.24) is 10.6 Å². The predicted octanol–water partition coefficient (Wildman–Crippen LogP) is -0.459. The maximum absolute atomic E-state index is 12.1. The molecule has 0 amide bonds. The molecular weight excluding hydrogens is 300 g/mol. The van der Waals surface area contributed by atoms with E-state index in [9.17, 15) is 14.7 Å². The standard InChI is InChI=1S/C16H24N2O5/c1-10(14(18-3)15(20)21)9-23-16(22)13(17-2)8-11-4-6-12(19)7-5-11/h4-7,10,13-14,17-19H,8-9H2,1-3H3,(H,20,21)/p+1/t10?,13-,14-/m0/s1. The monoisotopic (exact) mass is 325 g/mol. The third-order valence-electron chi connectivity index (χ3n) is 3.66. The normalized spacial score (nSPS) is 14.7. The number of phenols is 1. The molecule has 23 heavy (non-hydrogen) atoms. The lowest BCUT2D eigenvalue weighted by Gasteiger charge is -2.19. The molecule has 0 fully saturated rings. The average molecular weight is 325 g/mol. The Kier molecular flexibility index (Phi) is 7.50. The fourth-order valence-corrected chi connectivity index (χ4v) is 2.26. The van der Waals surface area contributed by atoms with Gasteiger partial charge in [-0.2, -0.15) is 0 Å². The summed E-state index contributed by atoms with van der Waals surface area (Å²) in [5.41, 5.74) is 0.890. The Morgan fingerprint density at radius 1 is 1.22 bits per heavy atom. The van der Waals surface area contributed by atoms with Crippen molar-refractivity contribution in [3.63, 3.8) is 0 Å². The summed E-state index contributed by atoms with van der Waals surface area (Å²) in [4.78, 5) is 23.3. The minimum Gasteiger partial charge on any atom is -0.564 e. The van der Waals surface area contributed by atoms with Gasteiger partial charge in [-0.15, -0.1) is 0 Å². The van der Waals surface area contributed by atoms with Gasteiger partial charge in [0.05, 0.1) is 6.61 Å². The SMILES string of the molecule is CN[C@@H](Cc1ccc(O)cc1)C(=O)OCC(C)[C@H](NC)C(=O)[OH2+]. The number of ether oxygens (including phenoxy) is 1. The first-order chi connectivity index (χ1) is 10.9. The molecule has 1 aromatic rings. The van der Waals surface area contributed by atoms with Gasteiger partial charge in [-0.1, -0.05) is 19.1 Å². The molecule has 0 aromatic heterocycles. The number of carbonyl (C=O) groups excluding carboxylic acids is 2. The summed E-state index contributed by atoms with van der Waals surface area (Å²) in [6, 6.07) is 5.43. The van der Waals surface area contributed by atoms with Crippen molar-refractivity contribution in [3.05, 3.63) is 29.8 Å². The predicted molar refractivity (Wildman–Crippen MR) is 86.3 cm³/mol. The van der Waals surface area contributed by atoms with Gasteiger partial charge in [0.15, 0.2) is 6.04 Å². The molecule has 0 saturated carbocycles. The molecule has 7 nitrogen and oxygen atoms in total. The number of benzene rings is 1. The molecule has 0 aliphatic rings. The summed E-state index contributed by atoms with van der Waals surface area (Å²) in [5.74, 6) is -1.27. The number of rotatable bonds is 9. The first-order valence-electron chi connectivity index (χ1n) is 7.43. The topological polar surface area (TPSA) is 111 Å². The summed E-state index contributed by atoms with van der Waals surface area (Å²) in [7, 11) is 3.26. The van der Waals surface area contributed by atoms with E-state index in [0.29, 0.717) is 6.42 Å². The van der Waals surface area contributed by atoms with Crippen LogP contribution in [0.15, 0.2) is 24.3 Å². The van der Waals surface area contributed by atoms with Gasteiger partial charge in [0.1, 0.15) is 11.8 Å². The van der Waals surface area contributed by atoms with E-state index >= 15 is 0 Å². The molecule has 0 radical (unpaired) electrons. The second-order valence-corrected chi connectivity index (χ2v) is 5.45. The molecule has 3 atom stereocenters. The second kappa shape index (κ2) is 9.12. The van der Waals surface area contributed by atoms with Crippen molar-refractivity contribution in [2.24, 2.45) is 5.92 Å². The second-order valence-electron chi connectivity index (χ2n) is 5.45. The number of phenolic OH excluding ortho intramolecular Hbond substituents is 1. The van der Waals surface area contributed by atoms with Crippen LogP contribution < -0.4 is 10.6 Å². The highest BCUT2D eigenvalue weighted by atomic mass is 16.5. The molecule has 7 heteroatoms. The molecule has 0 bridgehead atoms. The Bertz CT molecular complexity index is 518. The van der Waals surface area contributed by atoms with E-state index in [4.69, 9.17) is 9.84 Å². The highest BCUT2D eigenvalue weighted by Gasteiger charge is 2.30. The number of nitrogens with one attached hydrogen (secondary N) is 2. The van der Waals surface area contributed by atoms with E-state index < -0.39 is 24.0 Å². The maximum atomic E-state index is 12.1. The van der Waals surface area contributed by atoms with Gasteiger partial charge in [0, 0.05) is 10.7 Å². The van der Waals surface area contributed by atoms with Crippen LogP contribution in [0.5, 0.6) is 5.75 Å². The Morgan fingerprint density at radius 2 is 1.83 bits per heavy atom. The molecule has 0 heterocycles. The molecule has 1 rings (SSSR count). The molecule has 0 saturated heterocycles. The summed E-state index contributed by atoms with van der Waals surface area (Å²) < 4.78 is 5.26. The lowest BCUT2D eigenvalue weighted by molar-refractivity contribution is -0.150. The van der Waals surface area contributed by atoms with Crippen LogP contribution >= 0.6 is 0 Å². The Morgan fingerprint density at radius 3 is 2.30 bits per heavy atom. The molecule has 128 valence electrons. The Balaban J connectivity index is 2.56. The lowest BCUT2D eigenvalue weighted by atomic mass is 10.0. The van der Waals surface area contributed by atoms with Gasteiger partial charge in [-0.25, -0.2) is 0 Å². The van der Waals surface area contributed by atoms with E-state index in [0.717, 1.165) is 5.56 Å². The van der Waals surface area contributed by atoms with E-state index in [1.54, 1.807) is 45.3 Å². The number of aromatic hydroxyl groups is 1. The van der Waals surface area contributed by atoms with Gasteiger partial charge >= 0.3 is 11.9 Å². The van der Waals surface area contributed by atoms with Crippen molar-refractivity contribution >= 4 is 11.9 Å². The number of esters is 1. The summed E-state index contributed by atoms with van der Waals surface area (Å²) in [6.45, 7) is 1.80. The zero-order valence-electron chi connectivity index (χ0n) is 13.6. The fourth-order valence-electron chi connectivity index (χ4n) is 2.26. The minimum atomic E-state index is -0.731. The van der Waals surface area contributed by atoms with Crippen LogP contribution in [-0.4, -0.2) is 54.9 Å². The van der Waals surface area contributed by atoms with Crippen molar-refractivity contribution in [3.8, 4) is 5.75 Å². The van der Waals surface area contributed by atoms with Gasteiger partial charge in [-0.05, 0) is 38.2 Å². The highest BCUT2D eigenvalue weighted by molar-refractivity contribution is 5.76. The first kappa shape index (κ1) is 18.9. The van der Waals surface area contributed by atoms with Crippen molar-refractivity contribution in [2.45, 2.75) is 25.4 Å². The Labute approximate surface area is 135 Å². The number of carbonyl (C=O) groups is 2. The summed E-state index contributed by atoms with van der Waals surface area (Å²) in [5, 5.41) is 22.1. The van der Waals surface area contributed by atoms with Gasteiger partial charge in [-0.3, -0.25) is 4.79 Å². The van der Waals surface area contributed by atoms with E-state index in [2.05, 4.69) is 10.6 Å². The minimum absolute atomic E-state index is 0.0583. The molecular formula is C16H25N2O5+. The zero-order valence-corrected chi connectivity index (χ0v) is 13.6. The van der Waals surface area contributed by atoms with Crippen LogP contribution in [-0.2, 0) is 20.7 Å². The number of hydrogen-bond acceptors (Lipinski definition) is 6. The number of hydrogen-bond donors (Lipinski definition) is 3. The summed E-state index contributed by atoms with van der Waals surface area (Å²) in [6.07, 6.45) is 0.427. The van der Waals surface area contributed by atoms with Gasteiger partial charge < -0.3 is 25.6 Å². The Hall–Kier alpha value is -2.12. The third-order valence-corrected chi connectivity index (χ3v) is 3.66. The molecule has 1 unspecified atom stereocenters. The highest BCUT2D eigenvalue weighted by Crippen LogP contribution is 2.12. The fraction of sp³-hybridized carbons (Fsp3) is 0.500. The maximum Gasteiger partial charge on any atom is 0.533 e. The van der Waals surface area contributed by atoms with Crippen LogP contribution in [0.25, 0.3) is 0 Å². The van der Waals surface area contributed by atoms with Crippen LogP contribution in [0, 0.1) is 5.92 Å². The van der Waals surface area contributed by atoms with Crippen LogP contribution in [0.4, 0.5) is 0 Å². The largest absolute Gasteiger partial charge is 0.564 e. The van der Waals surface area contributed by atoms with E-state index in [-0.39, 0.29) is 18.3 Å². The lowest BCUT2D eigenvalue weighted by Crippen LogP contribution is -2.43. The molecule has 0 spiro atoms. The molecule has 5 N–H and O–H groups in total. The smallest absolute Gasteiger partial charge is 0.533 e. The molecule has 0 aliphatic carbocycles. The van der Waals surface area contributed by atoms with E-state index in [1.807, 2.05) is 0 Å². The average Bonchev–Trinajstić information content (AvgIpc) is 2.52. The van der Waals surface area contributed by atoms with Crippen LogP contribution in [0.3, 0.4) is 0 Å². The van der Waals surface area contributed by atoms with Gasteiger partial charge in [0.2, 0.25) is 0 Å². The molecule has 0 aliphatic heterocycles. The quantitative estimate of drug-likeness (QED) is 0.419. The van der Waals surface area contributed by atoms with E-state index in [1.165, 1.54) is 0 Å².